The Morgan fingerprint density at radius 3 is 2.44 bits per heavy atom. The molecule has 140 valence electrons. The van der Waals surface area contributed by atoms with Gasteiger partial charge in [0.05, 0.1) is 12.2 Å². The number of carbonyl (C=O) groups excluding carboxylic acids is 1. The van der Waals surface area contributed by atoms with E-state index in [1.807, 2.05) is 0 Å². The molecule has 0 spiro atoms. The summed E-state index contributed by atoms with van der Waals surface area (Å²) in [4.78, 5) is 14.4. The molecule has 4 saturated carbocycles. The highest BCUT2D eigenvalue weighted by Gasteiger charge is 2.61. The van der Waals surface area contributed by atoms with Gasteiger partial charge in [-0.3, -0.25) is 4.79 Å². The summed E-state index contributed by atoms with van der Waals surface area (Å²) in [6.07, 6.45) is 13.5. The third-order valence-corrected chi connectivity index (χ3v) is 9.35. The number of piperidine rings is 1. The van der Waals surface area contributed by atoms with Gasteiger partial charge in [0.2, 0.25) is 5.91 Å². The molecule has 1 aliphatic heterocycles. The third kappa shape index (κ3) is 2.30. The lowest BCUT2D eigenvalue weighted by Crippen LogP contribution is -2.61. The van der Waals surface area contributed by atoms with E-state index in [4.69, 9.17) is 4.74 Å². The molecule has 7 unspecified atom stereocenters. The van der Waals surface area contributed by atoms with Crippen LogP contribution in [0.2, 0.25) is 0 Å². The first-order valence-corrected chi connectivity index (χ1v) is 10.8. The predicted octanol–water partition coefficient (Wildman–Crippen LogP) is 4.40. The Hall–Kier alpha value is -0.570. The van der Waals surface area contributed by atoms with Crippen molar-refractivity contribution in [2.75, 3.05) is 7.05 Å². The van der Waals surface area contributed by atoms with Crippen LogP contribution in [0.4, 0.5) is 0 Å². The van der Waals surface area contributed by atoms with Gasteiger partial charge in [0.1, 0.15) is 0 Å². The molecule has 0 aromatic heterocycles. The third-order valence-electron chi connectivity index (χ3n) is 9.35. The van der Waals surface area contributed by atoms with Gasteiger partial charge in [-0.15, -0.1) is 0 Å². The van der Waals surface area contributed by atoms with Gasteiger partial charge in [0.15, 0.2) is 0 Å². The first-order chi connectivity index (χ1) is 11.9. The Kier molecular flexibility index (Phi) is 3.63. The van der Waals surface area contributed by atoms with Crippen LogP contribution in [0.15, 0.2) is 0 Å². The molecule has 5 fully saturated rings. The van der Waals surface area contributed by atoms with Gasteiger partial charge >= 0.3 is 0 Å². The molecule has 4 aliphatic carbocycles. The zero-order chi connectivity index (χ0) is 17.4. The van der Waals surface area contributed by atoms with Gasteiger partial charge in [-0.1, -0.05) is 13.8 Å². The van der Waals surface area contributed by atoms with Crippen molar-refractivity contribution in [3.05, 3.63) is 0 Å². The van der Waals surface area contributed by atoms with Gasteiger partial charge in [-0.05, 0) is 86.4 Å². The zero-order valence-corrected chi connectivity index (χ0v) is 16.3. The average Bonchev–Trinajstić information content (AvgIpc) is 3.34. The normalized spacial score (nSPS) is 52.5. The number of amides is 1. The van der Waals surface area contributed by atoms with Crippen LogP contribution in [-0.4, -0.2) is 36.1 Å². The maximum absolute atomic E-state index is 12.2. The molecule has 0 radical (unpaired) electrons. The molecule has 3 nitrogen and oxygen atoms in total. The summed E-state index contributed by atoms with van der Waals surface area (Å²) in [6.45, 7) is 5.08. The number of fused-ring (bicyclic) bond motifs is 5. The summed E-state index contributed by atoms with van der Waals surface area (Å²) in [6, 6.07) is 0.485. The molecule has 25 heavy (non-hydrogen) atoms. The van der Waals surface area contributed by atoms with Crippen molar-refractivity contribution in [3.63, 3.8) is 0 Å². The molecule has 5 rings (SSSR count). The van der Waals surface area contributed by atoms with Gasteiger partial charge in [0.25, 0.3) is 0 Å². The first-order valence-electron chi connectivity index (χ1n) is 10.8. The van der Waals surface area contributed by atoms with E-state index in [9.17, 15) is 4.79 Å². The second kappa shape index (κ2) is 5.47. The minimum atomic E-state index is 0.350. The van der Waals surface area contributed by atoms with Crippen LogP contribution in [0.1, 0.15) is 78.1 Å². The van der Waals surface area contributed by atoms with Crippen molar-refractivity contribution >= 4 is 5.91 Å². The summed E-state index contributed by atoms with van der Waals surface area (Å²) >= 11 is 0. The van der Waals surface area contributed by atoms with Crippen LogP contribution in [0.25, 0.3) is 0 Å². The molecule has 1 heterocycles. The highest BCUT2D eigenvalue weighted by atomic mass is 16.5. The van der Waals surface area contributed by atoms with Crippen LogP contribution >= 0.6 is 0 Å². The number of carbonyl (C=O) groups is 1. The standard InChI is InChI=1S/C22H35NO2/c1-21-13-11-20(24)23(3)18(21)8-6-15-16-7-9-19(25-14-4-5-14)22(16,2)12-10-17(15)21/h14-19H,4-13H2,1-3H3. The molecule has 7 atom stereocenters. The molecular formula is C22H35NO2. The second-order valence-electron chi connectivity index (χ2n) is 10.4. The Morgan fingerprint density at radius 2 is 1.68 bits per heavy atom. The van der Waals surface area contributed by atoms with Crippen molar-refractivity contribution in [2.45, 2.75) is 96.3 Å². The van der Waals surface area contributed by atoms with Gasteiger partial charge < -0.3 is 9.64 Å². The fourth-order valence-electron chi connectivity index (χ4n) is 7.76. The lowest BCUT2D eigenvalue weighted by atomic mass is 9.47. The largest absolute Gasteiger partial charge is 0.374 e. The van der Waals surface area contributed by atoms with E-state index in [1.165, 1.54) is 51.4 Å². The summed E-state index contributed by atoms with van der Waals surface area (Å²) in [5.74, 6) is 2.92. The fourth-order valence-corrected chi connectivity index (χ4v) is 7.76. The maximum Gasteiger partial charge on any atom is 0.222 e. The summed E-state index contributed by atoms with van der Waals surface area (Å²) < 4.78 is 6.48. The van der Waals surface area contributed by atoms with Crippen molar-refractivity contribution in [2.24, 2.45) is 28.6 Å². The van der Waals surface area contributed by atoms with E-state index < -0.39 is 0 Å². The molecule has 0 bridgehead atoms. The number of nitrogens with zero attached hydrogens (tertiary/aromatic N) is 1. The smallest absolute Gasteiger partial charge is 0.222 e. The number of hydrogen-bond acceptors (Lipinski definition) is 2. The van der Waals surface area contributed by atoms with Crippen molar-refractivity contribution < 1.29 is 9.53 Å². The maximum atomic E-state index is 12.2. The van der Waals surface area contributed by atoms with E-state index in [0.717, 1.165) is 30.6 Å². The summed E-state index contributed by atoms with van der Waals surface area (Å²) in [5.41, 5.74) is 0.770. The van der Waals surface area contributed by atoms with E-state index in [-0.39, 0.29) is 0 Å². The number of ether oxygens (including phenoxy) is 1. The van der Waals surface area contributed by atoms with Crippen LogP contribution < -0.4 is 0 Å². The Bertz CT molecular complexity index is 572. The zero-order valence-electron chi connectivity index (χ0n) is 16.3. The monoisotopic (exact) mass is 345 g/mol. The van der Waals surface area contributed by atoms with Crippen LogP contribution in [0, 0.1) is 28.6 Å². The Balaban J connectivity index is 1.40. The lowest BCUT2D eigenvalue weighted by Gasteiger charge is -2.61. The minimum absolute atomic E-state index is 0.350. The topological polar surface area (TPSA) is 29.5 Å². The van der Waals surface area contributed by atoms with Crippen LogP contribution in [-0.2, 0) is 9.53 Å². The number of rotatable bonds is 2. The first kappa shape index (κ1) is 16.6. The highest BCUT2D eigenvalue weighted by Crippen LogP contribution is 2.65. The van der Waals surface area contributed by atoms with E-state index >= 15 is 0 Å². The van der Waals surface area contributed by atoms with Crippen LogP contribution in [0.3, 0.4) is 0 Å². The molecule has 3 heteroatoms. The molecule has 1 saturated heterocycles. The Labute approximate surface area is 152 Å². The quantitative estimate of drug-likeness (QED) is 0.742. The SMILES string of the molecule is CN1C(=O)CCC2(C)C3CCC4(C)C(OC5CC5)CCC4C3CCC12. The minimum Gasteiger partial charge on any atom is -0.374 e. The lowest BCUT2D eigenvalue weighted by molar-refractivity contribution is -0.162. The van der Waals surface area contributed by atoms with Crippen molar-refractivity contribution in [1.82, 2.24) is 4.90 Å². The molecular weight excluding hydrogens is 310 g/mol. The molecule has 1 amide bonds. The van der Waals surface area contributed by atoms with Crippen LogP contribution in [0.5, 0.6) is 0 Å². The van der Waals surface area contributed by atoms with Gasteiger partial charge in [-0.25, -0.2) is 0 Å². The summed E-state index contributed by atoms with van der Waals surface area (Å²) in [5, 5.41) is 0. The summed E-state index contributed by atoms with van der Waals surface area (Å²) in [7, 11) is 2.06. The molecule has 0 aromatic rings. The van der Waals surface area contributed by atoms with E-state index in [0.29, 0.717) is 35.0 Å². The van der Waals surface area contributed by atoms with E-state index in [1.54, 1.807) is 0 Å². The van der Waals surface area contributed by atoms with Gasteiger partial charge in [0, 0.05) is 19.5 Å². The number of hydrogen-bond donors (Lipinski definition) is 0. The van der Waals surface area contributed by atoms with Crippen molar-refractivity contribution in [1.29, 1.82) is 0 Å². The molecule has 5 aliphatic rings. The van der Waals surface area contributed by atoms with E-state index in [2.05, 4.69) is 25.8 Å². The van der Waals surface area contributed by atoms with Crippen molar-refractivity contribution in [3.8, 4) is 0 Å². The fraction of sp³-hybridized carbons (Fsp3) is 0.955. The predicted molar refractivity (Wildman–Crippen MR) is 98.1 cm³/mol. The van der Waals surface area contributed by atoms with Gasteiger partial charge in [-0.2, -0.15) is 0 Å². The second-order valence-corrected chi connectivity index (χ2v) is 10.4. The molecule has 0 aromatic carbocycles. The molecule has 0 N–H and O–H groups in total. The average molecular weight is 346 g/mol. The highest BCUT2D eigenvalue weighted by molar-refractivity contribution is 5.77. The number of likely N-dealkylation sites (tertiary alicyclic amines) is 1. The Morgan fingerprint density at radius 1 is 0.920 bits per heavy atom.